The fourth-order valence-electron chi connectivity index (χ4n) is 0.939. The van der Waals surface area contributed by atoms with Gasteiger partial charge < -0.3 is 4.74 Å². The van der Waals surface area contributed by atoms with Crippen molar-refractivity contribution in [1.82, 2.24) is 0 Å². The predicted octanol–water partition coefficient (Wildman–Crippen LogP) is 2.57. The zero-order valence-corrected chi connectivity index (χ0v) is 8.85. The van der Waals surface area contributed by atoms with Gasteiger partial charge in [-0.25, -0.2) is 8.78 Å². The number of esters is 1. The summed E-state index contributed by atoms with van der Waals surface area (Å²) >= 11 is 2.92. The van der Waals surface area contributed by atoms with Crippen LogP contribution in [0.2, 0.25) is 0 Å². The van der Waals surface area contributed by atoms with E-state index in [9.17, 15) is 13.6 Å². The van der Waals surface area contributed by atoms with E-state index in [1.807, 2.05) is 0 Å². The summed E-state index contributed by atoms with van der Waals surface area (Å²) in [7, 11) is 1.17. The molecule has 1 aromatic carbocycles. The molecule has 1 atom stereocenters. The molecule has 0 saturated carbocycles. The van der Waals surface area contributed by atoms with Gasteiger partial charge in [0.15, 0.2) is 0 Å². The average Bonchev–Trinajstić information content (AvgIpc) is 2.19. The van der Waals surface area contributed by atoms with Crippen LogP contribution >= 0.6 is 15.9 Å². The van der Waals surface area contributed by atoms with Crippen LogP contribution in [-0.4, -0.2) is 13.1 Å². The molecule has 14 heavy (non-hydrogen) atoms. The van der Waals surface area contributed by atoms with Gasteiger partial charge in [-0.1, -0.05) is 15.9 Å². The summed E-state index contributed by atoms with van der Waals surface area (Å²) in [4.78, 5) is 10.0. The summed E-state index contributed by atoms with van der Waals surface area (Å²) in [6.45, 7) is 0. The Morgan fingerprint density at radius 1 is 1.50 bits per heavy atom. The first-order valence-corrected chi connectivity index (χ1v) is 4.64. The molecule has 0 saturated heterocycles. The Balaban J connectivity index is 3.05. The van der Waals surface area contributed by atoms with E-state index in [1.54, 1.807) is 0 Å². The topological polar surface area (TPSA) is 26.3 Å². The van der Waals surface area contributed by atoms with E-state index in [0.717, 1.165) is 18.2 Å². The van der Waals surface area contributed by atoms with E-state index >= 15 is 0 Å². The molecular formula is C9H7BrF2O2. The molecule has 0 aliphatic heterocycles. The van der Waals surface area contributed by atoms with Gasteiger partial charge in [0, 0.05) is 5.56 Å². The van der Waals surface area contributed by atoms with Crippen LogP contribution in [0.25, 0.3) is 0 Å². The molecule has 0 fully saturated rings. The Kier molecular flexibility index (Phi) is 3.57. The summed E-state index contributed by atoms with van der Waals surface area (Å²) < 4.78 is 30.2. The molecule has 0 spiro atoms. The second kappa shape index (κ2) is 4.50. The van der Waals surface area contributed by atoms with Gasteiger partial charge in [0.1, 0.15) is 16.5 Å². The minimum atomic E-state index is -0.983. The lowest BCUT2D eigenvalue weighted by Gasteiger charge is -2.08. The van der Waals surface area contributed by atoms with Crippen LogP contribution < -0.4 is 0 Å². The largest absolute Gasteiger partial charge is 0.468 e. The van der Waals surface area contributed by atoms with Crippen molar-refractivity contribution in [2.75, 3.05) is 7.11 Å². The first-order chi connectivity index (χ1) is 6.56. The zero-order chi connectivity index (χ0) is 10.7. The van der Waals surface area contributed by atoms with E-state index < -0.39 is 22.4 Å². The number of benzene rings is 1. The van der Waals surface area contributed by atoms with Crippen LogP contribution in [0.1, 0.15) is 10.4 Å². The molecule has 0 aromatic heterocycles. The van der Waals surface area contributed by atoms with E-state index in [-0.39, 0.29) is 5.56 Å². The highest BCUT2D eigenvalue weighted by Crippen LogP contribution is 2.26. The molecule has 76 valence electrons. The monoisotopic (exact) mass is 264 g/mol. The van der Waals surface area contributed by atoms with Crippen molar-refractivity contribution in [3.05, 3.63) is 35.4 Å². The minimum Gasteiger partial charge on any atom is -0.468 e. The predicted molar refractivity (Wildman–Crippen MR) is 50.0 cm³/mol. The number of ether oxygens (including phenoxy) is 1. The van der Waals surface area contributed by atoms with Crippen molar-refractivity contribution in [2.45, 2.75) is 4.83 Å². The summed E-state index contributed by atoms with van der Waals surface area (Å²) in [5.41, 5.74) is -0.0724. The molecular weight excluding hydrogens is 258 g/mol. The van der Waals surface area contributed by atoms with Crippen molar-refractivity contribution >= 4 is 21.9 Å². The maximum absolute atomic E-state index is 13.1. The van der Waals surface area contributed by atoms with Crippen molar-refractivity contribution in [3.8, 4) is 0 Å². The van der Waals surface area contributed by atoms with Crippen molar-refractivity contribution in [2.24, 2.45) is 0 Å². The highest BCUT2D eigenvalue weighted by Gasteiger charge is 2.21. The quantitative estimate of drug-likeness (QED) is 0.606. The molecule has 0 aliphatic rings. The van der Waals surface area contributed by atoms with Gasteiger partial charge in [0.25, 0.3) is 0 Å². The van der Waals surface area contributed by atoms with Gasteiger partial charge in [-0.3, -0.25) is 4.79 Å². The highest BCUT2D eigenvalue weighted by atomic mass is 79.9. The average molecular weight is 265 g/mol. The highest BCUT2D eigenvalue weighted by molar-refractivity contribution is 9.09. The van der Waals surface area contributed by atoms with Gasteiger partial charge >= 0.3 is 5.97 Å². The van der Waals surface area contributed by atoms with Crippen molar-refractivity contribution in [1.29, 1.82) is 0 Å². The normalized spacial score (nSPS) is 12.3. The third kappa shape index (κ3) is 2.29. The molecule has 0 aliphatic carbocycles. The zero-order valence-electron chi connectivity index (χ0n) is 7.26. The van der Waals surface area contributed by atoms with Crippen molar-refractivity contribution < 1.29 is 18.3 Å². The lowest BCUT2D eigenvalue weighted by Crippen LogP contribution is -2.10. The number of carbonyl (C=O) groups is 1. The van der Waals surface area contributed by atoms with E-state index in [0.29, 0.717) is 0 Å². The number of alkyl halides is 1. The maximum Gasteiger partial charge on any atom is 0.324 e. The third-order valence-electron chi connectivity index (χ3n) is 1.64. The summed E-state index contributed by atoms with van der Waals surface area (Å²) in [5.74, 6) is -1.93. The molecule has 1 unspecified atom stereocenters. The summed E-state index contributed by atoms with van der Waals surface area (Å²) in [6, 6.07) is 2.89. The number of rotatable bonds is 2. The number of carbonyl (C=O) groups excluding carboxylic acids is 1. The molecule has 0 bridgehead atoms. The second-order valence-corrected chi connectivity index (χ2v) is 3.47. The van der Waals surface area contributed by atoms with Crippen molar-refractivity contribution in [3.63, 3.8) is 0 Å². The van der Waals surface area contributed by atoms with Crippen LogP contribution in [0.3, 0.4) is 0 Å². The van der Waals surface area contributed by atoms with E-state index in [2.05, 4.69) is 20.7 Å². The van der Waals surface area contributed by atoms with E-state index in [1.165, 1.54) is 7.11 Å². The molecule has 0 N–H and O–H groups in total. The SMILES string of the molecule is COC(=O)C(Br)c1cc(F)ccc1F. The molecule has 0 amide bonds. The van der Waals surface area contributed by atoms with Crippen LogP contribution in [0.5, 0.6) is 0 Å². The molecule has 1 rings (SSSR count). The number of hydrogen-bond acceptors (Lipinski definition) is 2. The Morgan fingerprint density at radius 3 is 2.71 bits per heavy atom. The standard InChI is InChI=1S/C9H7BrF2O2/c1-14-9(13)8(10)6-4-5(11)2-3-7(6)12/h2-4,8H,1H3. The molecule has 2 nitrogen and oxygen atoms in total. The molecule has 1 aromatic rings. The number of methoxy groups -OCH3 is 1. The number of halogens is 3. The van der Waals surface area contributed by atoms with Gasteiger partial charge in [0.2, 0.25) is 0 Å². The minimum absolute atomic E-state index is 0.0724. The first-order valence-electron chi connectivity index (χ1n) is 3.73. The summed E-state index contributed by atoms with van der Waals surface area (Å²) in [5, 5.41) is 0. The Morgan fingerprint density at radius 2 is 2.14 bits per heavy atom. The third-order valence-corrected chi connectivity index (χ3v) is 2.51. The fraction of sp³-hybridized carbons (Fsp3) is 0.222. The van der Waals surface area contributed by atoms with Crippen LogP contribution in [0, 0.1) is 11.6 Å². The van der Waals surface area contributed by atoms with Crippen LogP contribution in [0.15, 0.2) is 18.2 Å². The Bertz CT molecular complexity index is 355. The molecule has 0 heterocycles. The number of hydrogen-bond donors (Lipinski definition) is 0. The van der Waals surface area contributed by atoms with Gasteiger partial charge in [-0.05, 0) is 18.2 Å². The van der Waals surface area contributed by atoms with Gasteiger partial charge in [-0.15, -0.1) is 0 Å². The smallest absolute Gasteiger partial charge is 0.324 e. The van der Waals surface area contributed by atoms with E-state index in [4.69, 9.17) is 0 Å². The van der Waals surface area contributed by atoms with Gasteiger partial charge in [0.05, 0.1) is 7.11 Å². The Labute approximate surface area is 88.0 Å². The fourth-order valence-corrected chi connectivity index (χ4v) is 1.48. The molecule has 0 radical (unpaired) electrons. The molecule has 5 heteroatoms. The lowest BCUT2D eigenvalue weighted by molar-refractivity contribution is -0.139. The van der Waals surface area contributed by atoms with Gasteiger partial charge in [-0.2, -0.15) is 0 Å². The summed E-state index contributed by atoms with van der Waals surface area (Å²) in [6.07, 6.45) is 0. The van der Waals surface area contributed by atoms with Crippen LogP contribution in [0.4, 0.5) is 8.78 Å². The first kappa shape index (κ1) is 11.1. The second-order valence-electron chi connectivity index (χ2n) is 2.55. The maximum atomic E-state index is 13.1. The Hall–Kier alpha value is -0.970. The van der Waals surface area contributed by atoms with Crippen LogP contribution in [-0.2, 0) is 9.53 Å². The lowest BCUT2D eigenvalue weighted by atomic mass is 10.1.